The Kier molecular flexibility index (Phi) is 6.11. The molecule has 132 valence electrons. The minimum Gasteiger partial charge on any atom is -0.376 e. The fourth-order valence-electron chi connectivity index (χ4n) is 2.26. The molecule has 0 heterocycles. The molecule has 3 N–H and O–H groups in total. The first-order valence-corrected chi connectivity index (χ1v) is 8.06. The van der Waals surface area contributed by atoms with Gasteiger partial charge in [-0.05, 0) is 41.8 Å². The van der Waals surface area contributed by atoms with Crippen LogP contribution in [0.3, 0.4) is 0 Å². The molecule has 0 saturated carbocycles. The number of hydrogen-bond acceptors (Lipinski definition) is 3. The molecule has 2 rings (SSSR count). The number of carbonyl (C=O) groups is 2. The van der Waals surface area contributed by atoms with Gasteiger partial charge in [-0.1, -0.05) is 26.0 Å². The molecule has 0 spiro atoms. The van der Waals surface area contributed by atoms with E-state index in [-0.39, 0.29) is 24.0 Å². The first-order valence-electron chi connectivity index (χ1n) is 8.06. The van der Waals surface area contributed by atoms with E-state index in [9.17, 15) is 14.0 Å². The van der Waals surface area contributed by atoms with Gasteiger partial charge in [0.2, 0.25) is 11.8 Å². The lowest BCUT2D eigenvalue weighted by Crippen LogP contribution is -2.21. The Morgan fingerprint density at radius 3 is 2.24 bits per heavy atom. The lowest BCUT2D eigenvalue weighted by molar-refractivity contribution is -0.115. The van der Waals surface area contributed by atoms with Gasteiger partial charge in [-0.2, -0.15) is 0 Å². The maximum atomic E-state index is 13.6. The highest BCUT2D eigenvalue weighted by molar-refractivity contribution is 5.94. The Morgan fingerprint density at radius 2 is 1.64 bits per heavy atom. The summed E-state index contributed by atoms with van der Waals surface area (Å²) in [5.41, 5.74) is 2.53. The minimum atomic E-state index is -0.532. The molecule has 6 heteroatoms. The molecule has 0 aliphatic heterocycles. The van der Waals surface area contributed by atoms with E-state index in [1.54, 1.807) is 0 Å². The van der Waals surface area contributed by atoms with Crippen molar-refractivity contribution in [2.45, 2.75) is 26.7 Å². The number of halogens is 1. The SMILES string of the molecule is CC(=O)Nc1cc(NCC(=O)Nc2ccc(C(C)C)cc2)ccc1F. The van der Waals surface area contributed by atoms with E-state index in [1.165, 1.54) is 30.7 Å². The highest BCUT2D eigenvalue weighted by Gasteiger charge is 2.07. The number of hydrogen-bond donors (Lipinski definition) is 3. The van der Waals surface area contributed by atoms with Crippen LogP contribution in [0.4, 0.5) is 21.5 Å². The lowest BCUT2D eigenvalue weighted by Gasteiger charge is -2.11. The van der Waals surface area contributed by atoms with Crippen molar-refractivity contribution in [1.82, 2.24) is 0 Å². The Bertz CT molecular complexity index is 758. The summed E-state index contributed by atoms with van der Waals surface area (Å²) in [4.78, 5) is 23.1. The van der Waals surface area contributed by atoms with Crippen LogP contribution in [0.1, 0.15) is 32.3 Å². The highest BCUT2D eigenvalue weighted by Crippen LogP contribution is 2.20. The monoisotopic (exact) mass is 343 g/mol. The van der Waals surface area contributed by atoms with Crippen molar-refractivity contribution in [3.63, 3.8) is 0 Å². The molecule has 0 saturated heterocycles. The van der Waals surface area contributed by atoms with E-state index >= 15 is 0 Å². The zero-order valence-corrected chi connectivity index (χ0v) is 14.5. The van der Waals surface area contributed by atoms with Crippen LogP contribution in [0, 0.1) is 5.82 Å². The van der Waals surface area contributed by atoms with Crippen molar-refractivity contribution in [3.8, 4) is 0 Å². The second-order valence-corrected chi connectivity index (χ2v) is 6.05. The van der Waals surface area contributed by atoms with Crippen LogP contribution in [0.5, 0.6) is 0 Å². The van der Waals surface area contributed by atoms with Gasteiger partial charge in [0.15, 0.2) is 0 Å². The molecule has 5 nitrogen and oxygen atoms in total. The van der Waals surface area contributed by atoms with E-state index in [0.717, 1.165) is 0 Å². The molecule has 0 radical (unpaired) electrons. The Labute approximate surface area is 146 Å². The normalized spacial score (nSPS) is 10.4. The summed E-state index contributed by atoms with van der Waals surface area (Å²) >= 11 is 0. The summed E-state index contributed by atoms with van der Waals surface area (Å²) in [6, 6.07) is 11.9. The van der Waals surface area contributed by atoms with Crippen molar-refractivity contribution in [1.29, 1.82) is 0 Å². The molecule has 2 aromatic rings. The number of rotatable bonds is 6. The van der Waals surface area contributed by atoms with E-state index < -0.39 is 5.82 Å². The molecule has 0 aliphatic carbocycles. The third-order valence-electron chi connectivity index (χ3n) is 3.59. The van der Waals surface area contributed by atoms with Crippen molar-refractivity contribution in [3.05, 3.63) is 53.8 Å². The molecule has 0 aromatic heterocycles. The van der Waals surface area contributed by atoms with Crippen molar-refractivity contribution >= 4 is 28.9 Å². The molecular formula is C19H22FN3O2. The van der Waals surface area contributed by atoms with Gasteiger partial charge in [0.05, 0.1) is 12.2 Å². The van der Waals surface area contributed by atoms with Gasteiger partial charge in [0.25, 0.3) is 0 Å². The summed E-state index contributed by atoms with van der Waals surface area (Å²) in [5.74, 6) is -0.681. The third-order valence-corrected chi connectivity index (χ3v) is 3.59. The summed E-state index contributed by atoms with van der Waals surface area (Å²) in [6.07, 6.45) is 0. The molecule has 0 bridgehead atoms. The van der Waals surface area contributed by atoms with Crippen molar-refractivity contribution in [2.24, 2.45) is 0 Å². The Balaban J connectivity index is 1.92. The van der Waals surface area contributed by atoms with Gasteiger partial charge < -0.3 is 16.0 Å². The molecule has 0 unspecified atom stereocenters. The second kappa shape index (κ2) is 8.28. The molecule has 0 fully saturated rings. The van der Waals surface area contributed by atoms with Crippen LogP contribution in [0.2, 0.25) is 0 Å². The van der Waals surface area contributed by atoms with E-state index in [2.05, 4.69) is 29.8 Å². The summed E-state index contributed by atoms with van der Waals surface area (Å²) in [6.45, 7) is 5.54. The van der Waals surface area contributed by atoms with E-state index in [1.807, 2.05) is 24.3 Å². The van der Waals surface area contributed by atoms with Gasteiger partial charge >= 0.3 is 0 Å². The maximum Gasteiger partial charge on any atom is 0.243 e. The Morgan fingerprint density at radius 1 is 1.00 bits per heavy atom. The number of anilines is 3. The zero-order valence-electron chi connectivity index (χ0n) is 14.5. The molecular weight excluding hydrogens is 321 g/mol. The maximum absolute atomic E-state index is 13.6. The van der Waals surface area contributed by atoms with Gasteiger partial charge in [-0.3, -0.25) is 9.59 Å². The van der Waals surface area contributed by atoms with Crippen LogP contribution in [0.15, 0.2) is 42.5 Å². The largest absolute Gasteiger partial charge is 0.376 e. The molecule has 0 atom stereocenters. The average molecular weight is 343 g/mol. The Hall–Kier alpha value is -2.89. The number of nitrogens with one attached hydrogen (secondary N) is 3. The van der Waals surface area contributed by atoms with Crippen molar-refractivity contribution in [2.75, 3.05) is 22.5 Å². The molecule has 2 amide bonds. The summed E-state index contributed by atoms with van der Waals surface area (Å²) in [7, 11) is 0. The number of amides is 2. The summed E-state index contributed by atoms with van der Waals surface area (Å²) < 4.78 is 13.6. The van der Waals surface area contributed by atoms with Gasteiger partial charge in [-0.15, -0.1) is 0 Å². The first kappa shape index (κ1) is 18.4. The first-order chi connectivity index (χ1) is 11.8. The fraction of sp³-hybridized carbons (Fsp3) is 0.263. The summed E-state index contributed by atoms with van der Waals surface area (Å²) in [5, 5.41) is 8.10. The van der Waals surface area contributed by atoms with Crippen LogP contribution in [-0.4, -0.2) is 18.4 Å². The van der Waals surface area contributed by atoms with Crippen LogP contribution < -0.4 is 16.0 Å². The van der Waals surface area contributed by atoms with Gasteiger partial charge in [-0.25, -0.2) is 4.39 Å². The fourth-order valence-corrected chi connectivity index (χ4v) is 2.26. The number of benzene rings is 2. The predicted octanol–water partition coefficient (Wildman–Crippen LogP) is 3.96. The van der Waals surface area contributed by atoms with Crippen molar-refractivity contribution < 1.29 is 14.0 Å². The topological polar surface area (TPSA) is 70.2 Å². The molecule has 25 heavy (non-hydrogen) atoms. The van der Waals surface area contributed by atoms with E-state index in [4.69, 9.17) is 0 Å². The van der Waals surface area contributed by atoms with Gasteiger partial charge in [0, 0.05) is 18.3 Å². The second-order valence-electron chi connectivity index (χ2n) is 6.05. The van der Waals surface area contributed by atoms with Gasteiger partial charge in [0.1, 0.15) is 5.82 Å². The van der Waals surface area contributed by atoms with E-state index in [0.29, 0.717) is 17.3 Å². The minimum absolute atomic E-state index is 0.0249. The number of carbonyl (C=O) groups excluding carboxylic acids is 2. The molecule has 0 aliphatic rings. The van der Waals surface area contributed by atoms with Crippen LogP contribution >= 0.6 is 0 Å². The van der Waals surface area contributed by atoms with Crippen LogP contribution in [0.25, 0.3) is 0 Å². The third kappa shape index (κ3) is 5.60. The zero-order chi connectivity index (χ0) is 18.4. The van der Waals surface area contributed by atoms with Crippen LogP contribution in [-0.2, 0) is 9.59 Å². The standard InChI is InChI=1S/C19H22FN3O2/c1-12(2)14-4-6-15(7-5-14)23-19(25)11-21-16-8-9-17(20)18(10-16)22-13(3)24/h4-10,12,21H,11H2,1-3H3,(H,22,24)(H,23,25). The average Bonchev–Trinajstić information content (AvgIpc) is 2.55. The predicted molar refractivity (Wildman–Crippen MR) is 98.4 cm³/mol. The lowest BCUT2D eigenvalue weighted by atomic mass is 10.0. The molecule has 2 aromatic carbocycles. The highest BCUT2D eigenvalue weighted by atomic mass is 19.1. The smallest absolute Gasteiger partial charge is 0.243 e. The quantitative estimate of drug-likeness (QED) is 0.743.